The summed E-state index contributed by atoms with van der Waals surface area (Å²) in [7, 11) is 0. The van der Waals surface area contributed by atoms with Crippen LogP contribution >= 0.6 is 34.0 Å². The minimum absolute atomic E-state index is 0. The average Bonchev–Trinajstić information content (AvgIpc) is 1.64. The van der Waals surface area contributed by atoms with Crippen LogP contribution < -0.4 is 0 Å². The van der Waals surface area contributed by atoms with Gasteiger partial charge in [0.05, 0.1) is 22.2 Å². The molecule has 133 heavy (non-hydrogen) atoms. The summed E-state index contributed by atoms with van der Waals surface area (Å²) >= 11 is 5.38. The molecule has 0 bridgehead atoms. The Balaban J connectivity index is 0.000000160. The van der Waals surface area contributed by atoms with Gasteiger partial charge in [0.15, 0.2) is 17.3 Å². The molecule has 681 valence electrons. The molecule has 0 amide bonds. The van der Waals surface area contributed by atoms with Gasteiger partial charge < -0.3 is 15.3 Å². The quantitative estimate of drug-likeness (QED) is 0.0696. The first-order valence-corrected chi connectivity index (χ1v) is 45.6. The van der Waals surface area contributed by atoms with Gasteiger partial charge in [-0.25, -0.2) is 15.0 Å². The zero-order valence-electron chi connectivity index (χ0n) is 77.6. The number of aliphatic hydroxyl groups is 3. The van der Waals surface area contributed by atoms with Gasteiger partial charge >= 0.3 is 0 Å². The van der Waals surface area contributed by atoms with E-state index in [0.29, 0.717) is 0 Å². The van der Waals surface area contributed by atoms with Crippen molar-refractivity contribution in [2.75, 3.05) is 0 Å². The predicted octanol–water partition coefficient (Wildman–Crippen LogP) is 30.6. The number of pyridine rings is 2. The smallest absolute Gasteiger partial charge is 0.164 e. The van der Waals surface area contributed by atoms with E-state index in [2.05, 4.69) is 247 Å². The van der Waals surface area contributed by atoms with Crippen molar-refractivity contribution in [3.63, 3.8) is 0 Å². The molecule has 8 aromatic heterocycles. The summed E-state index contributed by atoms with van der Waals surface area (Å²) in [5.41, 5.74) is 12.9. The minimum Gasteiger partial charge on any atom is -0.512 e. The number of benzene rings is 11. The topological polar surface area (TPSA) is 215 Å². The zero-order chi connectivity index (χ0) is 92.8. The third-order valence-electron chi connectivity index (χ3n) is 22.0. The molecule has 0 unspecified atom stereocenters. The number of thiophene rings is 3. The number of carbonyl (C=O) groups is 3. The Morgan fingerprint density at radius 3 is 1.02 bits per heavy atom. The van der Waals surface area contributed by atoms with Crippen molar-refractivity contribution in [1.82, 2.24) is 39.9 Å². The Morgan fingerprint density at radius 1 is 0.301 bits per heavy atom. The van der Waals surface area contributed by atoms with E-state index in [4.69, 9.17) is 4.98 Å². The van der Waals surface area contributed by atoms with Gasteiger partial charge in [0, 0.05) is 172 Å². The summed E-state index contributed by atoms with van der Waals surface area (Å²) in [5, 5.41) is 41.8. The molecule has 14 nitrogen and oxygen atoms in total. The Bertz CT molecular complexity index is 7190. The fourth-order valence-corrected chi connectivity index (χ4v) is 17.7. The van der Waals surface area contributed by atoms with E-state index in [-0.39, 0.29) is 111 Å². The van der Waals surface area contributed by atoms with Crippen molar-refractivity contribution in [2.24, 2.45) is 32.5 Å². The first-order valence-electron chi connectivity index (χ1n) is 43.2. The number of aliphatic hydroxyl groups excluding tert-OH is 3. The van der Waals surface area contributed by atoms with Crippen LogP contribution in [0, 0.1) is 50.7 Å². The maximum atomic E-state index is 11.5. The molecule has 0 aliphatic heterocycles. The summed E-state index contributed by atoms with van der Waals surface area (Å²) in [6.07, 6.45) is 14.4. The molecular weight excluding hydrogens is 2240 g/mol. The average molecular weight is 2340 g/mol. The Hall–Kier alpha value is -11.8. The van der Waals surface area contributed by atoms with Crippen LogP contribution in [0.1, 0.15) is 125 Å². The summed E-state index contributed by atoms with van der Waals surface area (Å²) in [5.74, 6) is 0.312. The van der Waals surface area contributed by atoms with Gasteiger partial charge in [-0.15, -0.1) is 71.3 Å². The monoisotopic (exact) mass is 2340 g/mol. The second-order valence-electron chi connectivity index (χ2n) is 38.1. The van der Waals surface area contributed by atoms with Crippen molar-refractivity contribution < 1.29 is 90.0 Å². The fourth-order valence-electron chi connectivity index (χ4n) is 14.1. The van der Waals surface area contributed by atoms with Gasteiger partial charge in [-0.3, -0.25) is 39.3 Å². The van der Waals surface area contributed by atoms with E-state index in [0.717, 1.165) is 94.4 Å². The van der Waals surface area contributed by atoms with Crippen LogP contribution in [0.2, 0.25) is 0 Å². The summed E-state index contributed by atoms with van der Waals surface area (Å²) in [4.78, 5) is 70.8. The molecular formula is C113H105Ir3N8O6S3-3. The molecule has 19 rings (SSSR count). The Labute approximate surface area is 830 Å². The number of rotatable bonds is 9. The summed E-state index contributed by atoms with van der Waals surface area (Å²) < 4.78 is 7.48. The molecule has 3 N–H and O–H groups in total. The van der Waals surface area contributed by atoms with Crippen LogP contribution in [0.25, 0.3) is 171 Å². The number of aromatic nitrogens is 8. The maximum absolute atomic E-state index is 11.5. The normalized spacial score (nSPS) is 12.1. The van der Waals surface area contributed by atoms with Crippen LogP contribution in [0.15, 0.2) is 310 Å². The third-order valence-corrected chi connectivity index (χ3v) is 25.6. The number of hydrogen-bond donors (Lipinski definition) is 3. The summed E-state index contributed by atoms with van der Waals surface area (Å²) in [6.45, 7) is 33.3. The molecule has 0 atom stereocenters. The zero-order valence-corrected chi connectivity index (χ0v) is 87.2. The fraction of sp³-hybridized carbons (Fsp3) is 0.212. The van der Waals surface area contributed by atoms with Gasteiger partial charge in [0.25, 0.3) is 0 Å². The van der Waals surface area contributed by atoms with Crippen molar-refractivity contribution in [2.45, 2.75) is 125 Å². The van der Waals surface area contributed by atoms with E-state index < -0.39 is 16.2 Å². The van der Waals surface area contributed by atoms with E-state index in [9.17, 15) is 29.7 Å². The number of carbonyl (C=O) groups excluding carboxylic acids is 3. The van der Waals surface area contributed by atoms with Gasteiger partial charge in [-0.1, -0.05) is 286 Å². The van der Waals surface area contributed by atoms with Crippen LogP contribution in [-0.4, -0.2) is 72.5 Å². The van der Waals surface area contributed by atoms with Crippen molar-refractivity contribution in [1.29, 1.82) is 0 Å². The largest absolute Gasteiger partial charge is 0.512 e. The Kier molecular flexibility index (Phi) is 32.6. The number of hydrogen-bond acceptors (Lipinski definition) is 17. The SMILES string of the molecule is CC(C)(C)C(=O)C=C(O)C(C)(C)C.CC(C)(C)C(=O)C=C(O)C(C)(C)C.CC(C)(C)C(=O)C=C(O)C(C)(C)C.[Ir].[Ir].[Ir].[c-]1ccc2c(sc3ccccc32)c1-c1ncnc2cc(-c3cccc4ccccc34)ccc12.[c-]1ccc2c(sc3ccccc32)c1-c1ncnc2cc(-c3ccccn3)ccc12.[c-]1ccc2c(sc3ccccc32)c1-c1ncnc2cc(-c3cccnc3)ccc12. The minimum atomic E-state index is -0.417. The molecule has 0 spiro atoms. The molecule has 8 heterocycles. The number of allylic oxidation sites excluding steroid dienone is 6. The van der Waals surface area contributed by atoms with E-state index in [1.165, 1.54) is 95.1 Å². The number of nitrogens with zero attached hydrogens (tertiary/aromatic N) is 8. The Morgan fingerprint density at radius 2 is 0.647 bits per heavy atom. The molecule has 0 saturated heterocycles. The van der Waals surface area contributed by atoms with Crippen LogP contribution in [0.3, 0.4) is 0 Å². The second kappa shape index (κ2) is 42.6. The molecule has 11 aromatic carbocycles. The van der Waals surface area contributed by atoms with Crippen molar-refractivity contribution in [3.8, 4) is 67.3 Å². The summed E-state index contributed by atoms with van der Waals surface area (Å²) in [6, 6.07) is 92.3. The van der Waals surface area contributed by atoms with Crippen molar-refractivity contribution in [3.05, 3.63) is 328 Å². The first kappa shape index (κ1) is 102. The third kappa shape index (κ3) is 23.9. The van der Waals surface area contributed by atoms with Crippen LogP contribution in [0.4, 0.5) is 0 Å². The van der Waals surface area contributed by atoms with E-state index in [1.807, 2.05) is 179 Å². The molecule has 0 saturated carbocycles. The van der Waals surface area contributed by atoms with E-state index >= 15 is 0 Å². The molecule has 0 aliphatic rings. The van der Waals surface area contributed by atoms with Gasteiger partial charge in [-0.05, 0) is 128 Å². The van der Waals surface area contributed by atoms with Gasteiger partial charge in [-0.2, -0.15) is 34.0 Å². The van der Waals surface area contributed by atoms with Gasteiger partial charge in [0.2, 0.25) is 0 Å². The number of fused-ring (bicyclic) bond motifs is 13. The van der Waals surface area contributed by atoms with Crippen molar-refractivity contribution >= 4 is 155 Å². The number of ketones is 3. The predicted molar refractivity (Wildman–Crippen MR) is 543 cm³/mol. The van der Waals surface area contributed by atoms with Crippen LogP contribution in [-0.2, 0) is 74.7 Å². The molecule has 19 aromatic rings. The second-order valence-corrected chi connectivity index (χ2v) is 41.3. The van der Waals surface area contributed by atoms with E-state index in [1.54, 1.807) is 59.2 Å². The molecule has 0 fully saturated rings. The van der Waals surface area contributed by atoms with Crippen LogP contribution in [0.5, 0.6) is 0 Å². The first-order chi connectivity index (χ1) is 61.8. The molecule has 0 aliphatic carbocycles. The maximum Gasteiger partial charge on any atom is 0.164 e. The molecule has 20 heteroatoms. The molecule has 3 radical (unpaired) electrons. The van der Waals surface area contributed by atoms with Gasteiger partial charge in [0.1, 0.15) is 36.3 Å². The standard InChI is InChI=1S/C30H17N2S.2C25H14N3S.3C11H20O2.3Ir/c1-2-9-21-19(7-1)8-5-11-22(21)20-15-16-25-27(17-20)31-18-32-29(25)26-13-6-12-24-23-10-3-4-14-28(23)33-30(24)26;1-2-9-23-18(6-1)19-7-3-8-21(25(19)29-23)24-20-11-10-16(13-22(20)27-15-28-24)17-5-4-12-26-14-17;1-2-10-23-17(6-1)18-7-5-8-20(25(18)29-23)24-19-12-11-16(14-22(19)27-15-28-24)21-9-3-4-13-26-21;3*1-10(2,3)8(12)7-9(13)11(4,5)6;;;/h1-12,14-18H;2*1-7,9-15H;3*7,12H,1-6H3;;;/q3*-1;;;;;;.